The first-order valence-corrected chi connectivity index (χ1v) is 8.03. The van der Waals surface area contributed by atoms with E-state index < -0.39 is 10.0 Å². The van der Waals surface area contributed by atoms with Crippen molar-refractivity contribution in [3.8, 4) is 0 Å². The number of hydrogen-bond acceptors (Lipinski definition) is 3. The summed E-state index contributed by atoms with van der Waals surface area (Å²) in [6, 6.07) is 4.70. The Balaban J connectivity index is 2.85. The Labute approximate surface area is 117 Å². The highest BCUT2D eigenvalue weighted by atomic mass is 79.9. The molecule has 0 radical (unpaired) electrons. The van der Waals surface area contributed by atoms with Gasteiger partial charge in [-0.2, -0.15) is 0 Å². The molecule has 18 heavy (non-hydrogen) atoms. The molecule has 0 saturated heterocycles. The quantitative estimate of drug-likeness (QED) is 0.837. The Morgan fingerprint density at radius 3 is 2.56 bits per heavy atom. The molecule has 0 fully saturated rings. The molecule has 0 unspecified atom stereocenters. The lowest BCUT2D eigenvalue weighted by Gasteiger charge is -2.10. The summed E-state index contributed by atoms with van der Waals surface area (Å²) in [7, 11) is -3.49. The van der Waals surface area contributed by atoms with Crippen LogP contribution in [0.4, 0.5) is 0 Å². The third kappa shape index (κ3) is 4.35. The first-order valence-electron chi connectivity index (χ1n) is 5.75. The molecule has 0 atom stereocenters. The van der Waals surface area contributed by atoms with Gasteiger partial charge in [0.2, 0.25) is 10.0 Å². The maximum atomic E-state index is 12.0. The molecule has 6 heteroatoms. The Morgan fingerprint density at radius 1 is 1.39 bits per heavy atom. The zero-order valence-corrected chi connectivity index (χ0v) is 12.9. The van der Waals surface area contributed by atoms with Gasteiger partial charge in [-0.1, -0.05) is 19.9 Å². The zero-order chi connectivity index (χ0) is 13.8. The minimum absolute atomic E-state index is 0.111. The summed E-state index contributed by atoms with van der Waals surface area (Å²) in [5.74, 6) is 0.452. The van der Waals surface area contributed by atoms with Crippen molar-refractivity contribution in [2.75, 3.05) is 6.54 Å². The predicted octanol–water partition coefficient (Wildman–Crippen LogP) is 2.27. The van der Waals surface area contributed by atoms with Gasteiger partial charge >= 0.3 is 0 Å². The molecule has 0 aliphatic rings. The van der Waals surface area contributed by atoms with Gasteiger partial charge in [-0.15, -0.1) is 0 Å². The van der Waals surface area contributed by atoms with Crippen molar-refractivity contribution in [3.63, 3.8) is 0 Å². The molecule has 1 aromatic rings. The van der Waals surface area contributed by atoms with Crippen LogP contribution < -0.4 is 4.72 Å². The Morgan fingerprint density at radius 2 is 2.06 bits per heavy atom. The number of sulfonamides is 1. The lowest BCUT2D eigenvalue weighted by molar-refractivity contribution is 0.281. The molecule has 0 saturated carbocycles. The van der Waals surface area contributed by atoms with E-state index >= 15 is 0 Å². The minimum atomic E-state index is -3.49. The van der Waals surface area contributed by atoms with Gasteiger partial charge in [-0.25, -0.2) is 13.1 Å². The van der Waals surface area contributed by atoms with Crippen molar-refractivity contribution in [1.82, 2.24) is 4.72 Å². The van der Waals surface area contributed by atoms with E-state index in [1.54, 1.807) is 12.1 Å². The van der Waals surface area contributed by atoms with Gasteiger partial charge in [0.15, 0.2) is 0 Å². The van der Waals surface area contributed by atoms with Crippen LogP contribution in [0.15, 0.2) is 27.6 Å². The predicted molar refractivity (Wildman–Crippen MR) is 74.7 cm³/mol. The fourth-order valence-corrected chi connectivity index (χ4v) is 3.59. The van der Waals surface area contributed by atoms with Crippen LogP contribution in [-0.2, 0) is 16.6 Å². The number of benzene rings is 1. The average molecular weight is 336 g/mol. The van der Waals surface area contributed by atoms with Crippen molar-refractivity contribution >= 4 is 26.0 Å². The molecule has 4 nitrogen and oxygen atoms in total. The standard InChI is InChI=1S/C12H18BrNO3S/c1-9(2)5-6-14-18(16,17)12-4-3-10(8-15)7-11(12)13/h3-4,7,9,14-15H,5-6,8H2,1-2H3. The first-order chi connectivity index (χ1) is 8.36. The molecule has 0 bridgehead atoms. The summed E-state index contributed by atoms with van der Waals surface area (Å²) in [5.41, 5.74) is 0.669. The molecule has 0 amide bonds. The second kappa shape index (κ2) is 6.65. The maximum Gasteiger partial charge on any atom is 0.241 e. The summed E-state index contributed by atoms with van der Waals surface area (Å²) < 4.78 is 27.1. The Kier molecular flexibility index (Phi) is 5.78. The van der Waals surface area contributed by atoms with Crippen molar-refractivity contribution in [2.45, 2.75) is 31.8 Å². The number of aliphatic hydroxyl groups is 1. The molecule has 2 N–H and O–H groups in total. The molecule has 102 valence electrons. The van der Waals surface area contributed by atoms with Gasteiger partial charge in [0.05, 0.1) is 11.5 Å². The fourth-order valence-electron chi connectivity index (χ4n) is 1.42. The summed E-state index contributed by atoms with van der Waals surface area (Å²) in [6.07, 6.45) is 0.797. The minimum Gasteiger partial charge on any atom is -0.392 e. The van der Waals surface area contributed by atoms with Crippen LogP contribution in [0.25, 0.3) is 0 Å². The highest BCUT2D eigenvalue weighted by molar-refractivity contribution is 9.10. The third-order valence-electron chi connectivity index (χ3n) is 2.48. The van der Waals surface area contributed by atoms with E-state index in [0.717, 1.165) is 6.42 Å². The molecule has 1 rings (SSSR count). The van der Waals surface area contributed by atoms with E-state index in [9.17, 15) is 8.42 Å². The van der Waals surface area contributed by atoms with Crippen LogP contribution >= 0.6 is 15.9 Å². The normalized spacial score (nSPS) is 12.1. The zero-order valence-electron chi connectivity index (χ0n) is 10.5. The highest BCUT2D eigenvalue weighted by Crippen LogP contribution is 2.23. The fraction of sp³-hybridized carbons (Fsp3) is 0.500. The van der Waals surface area contributed by atoms with Crippen molar-refractivity contribution in [2.24, 2.45) is 5.92 Å². The molecule has 0 aliphatic carbocycles. The van der Waals surface area contributed by atoms with Crippen LogP contribution in [-0.4, -0.2) is 20.1 Å². The molecule has 0 aliphatic heterocycles. The van der Waals surface area contributed by atoms with E-state index in [-0.39, 0.29) is 11.5 Å². The van der Waals surface area contributed by atoms with Crippen molar-refractivity contribution in [1.29, 1.82) is 0 Å². The lowest BCUT2D eigenvalue weighted by Crippen LogP contribution is -2.26. The van der Waals surface area contributed by atoms with Gasteiger partial charge in [-0.05, 0) is 46.0 Å². The van der Waals surface area contributed by atoms with E-state index in [2.05, 4.69) is 20.7 Å². The van der Waals surface area contributed by atoms with Crippen LogP contribution in [0.2, 0.25) is 0 Å². The molecular formula is C12H18BrNO3S. The maximum absolute atomic E-state index is 12.0. The van der Waals surface area contributed by atoms with Gasteiger partial charge in [0, 0.05) is 11.0 Å². The van der Waals surface area contributed by atoms with Gasteiger partial charge < -0.3 is 5.11 Å². The number of aliphatic hydroxyl groups excluding tert-OH is 1. The number of hydrogen-bond donors (Lipinski definition) is 2. The molecule has 1 aromatic carbocycles. The van der Waals surface area contributed by atoms with Gasteiger partial charge in [0.25, 0.3) is 0 Å². The van der Waals surface area contributed by atoms with Crippen molar-refractivity contribution in [3.05, 3.63) is 28.2 Å². The summed E-state index contributed by atoms with van der Waals surface area (Å²) >= 11 is 3.21. The van der Waals surface area contributed by atoms with E-state index in [1.807, 2.05) is 13.8 Å². The summed E-state index contributed by atoms with van der Waals surface area (Å²) in [6.45, 7) is 4.40. The van der Waals surface area contributed by atoms with E-state index in [0.29, 0.717) is 22.5 Å². The van der Waals surface area contributed by atoms with E-state index in [4.69, 9.17) is 5.11 Å². The summed E-state index contributed by atoms with van der Waals surface area (Å²) in [5, 5.41) is 8.97. The van der Waals surface area contributed by atoms with Gasteiger partial charge in [0.1, 0.15) is 0 Å². The van der Waals surface area contributed by atoms with Crippen LogP contribution in [0.1, 0.15) is 25.8 Å². The Bertz CT molecular complexity index is 500. The van der Waals surface area contributed by atoms with Crippen molar-refractivity contribution < 1.29 is 13.5 Å². The van der Waals surface area contributed by atoms with Crippen LogP contribution in [0.3, 0.4) is 0 Å². The number of halogens is 1. The molecule has 0 aromatic heterocycles. The largest absolute Gasteiger partial charge is 0.392 e. The smallest absolute Gasteiger partial charge is 0.241 e. The first kappa shape index (κ1) is 15.6. The van der Waals surface area contributed by atoms with Gasteiger partial charge in [-0.3, -0.25) is 0 Å². The second-order valence-electron chi connectivity index (χ2n) is 4.50. The Hall–Kier alpha value is -0.430. The monoisotopic (exact) mass is 335 g/mol. The number of rotatable bonds is 6. The molecule has 0 spiro atoms. The number of nitrogens with one attached hydrogen (secondary N) is 1. The highest BCUT2D eigenvalue weighted by Gasteiger charge is 2.17. The molecule has 0 heterocycles. The average Bonchev–Trinajstić information content (AvgIpc) is 2.27. The second-order valence-corrected chi connectivity index (χ2v) is 7.09. The third-order valence-corrected chi connectivity index (χ3v) is 4.92. The topological polar surface area (TPSA) is 66.4 Å². The lowest BCUT2D eigenvalue weighted by atomic mass is 10.1. The van der Waals surface area contributed by atoms with Crippen LogP contribution in [0, 0.1) is 5.92 Å². The van der Waals surface area contributed by atoms with E-state index in [1.165, 1.54) is 6.07 Å². The SMILES string of the molecule is CC(C)CCNS(=O)(=O)c1ccc(CO)cc1Br. The molecular weight excluding hydrogens is 318 g/mol. The van der Waals surface area contributed by atoms with Crippen LogP contribution in [0.5, 0.6) is 0 Å². The summed E-state index contributed by atoms with van der Waals surface area (Å²) in [4.78, 5) is 0.198.